The van der Waals surface area contributed by atoms with Crippen LogP contribution >= 0.6 is 31.9 Å². The van der Waals surface area contributed by atoms with Gasteiger partial charge in [0.05, 0.1) is 20.5 Å². The molecule has 0 radical (unpaired) electrons. The van der Waals surface area contributed by atoms with Crippen LogP contribution in [0.1, 0.15) is 22.3 Å². The predicted octanol–water partition coefficient (Wildman–Crippen LogP) is 3.61. The van der Waals surface area contributed by atoms with E-state index in [9.17, 15) is 9.59 Å². The number of benzene rings is 2. The van der Waals surface area contributed by atoms with Gasteiger partial charge in [-0.3, -0.25) is 9.59 Å². The summed E-state index contributed by atoms with van der Waals surface area (Å²) < 4.78 is 3.58. The van der Waals surface area contributed by atoms with Crippen molar-refractivity contribution < 1.29 is 14.3 Å². The van der Waals surface area contributed by atoms with Gasteiger partial charge in [-0.1, -0.05) is 80.4 Å². The zero-order chi connectivity index (χ0) is 16.0. The van der Waals surface area contributed by atoms with E-state index < -0.39 is 32.4 Å². The number of ether oxygens (including phenoxy) is 1. The highest BCUT2D eigenvalue weighted by atomic mass is 79.9. The maximum Gasteiger partial charge on any atom is 0.319 e. The summed E-state index contributed by atoms with van der Waals surface area (Å²) in [5, 5.41) is 0. The van der Waals surface area contributed by atoms with Crippen LogP contribution in [0.4, 0.5) is 0 Å². The molecule has 6 rings (SSSR count). The number of hydrogen-bond donors (Lipinski definition) is 0. The molecule has 2 aromatic rings. The first-order chi connectivity index (χ1) is 11.0. The van der Waals surface area contributed by atoms with E-state index in [-0.39, 0.29) is 0 Å². The van der Waals surface area contributed by atoms with Gasteiger partial charge < -0.3 is 4.74 Å². The van der Waals surface area contributed by atoms with E-state index in [1.54, 1.807) is 0 Å². The maximum atomic E-state index is 12.5. The van der Waals surface area contributed by atoms with E-state index in [1.165, 1.54) is 0 Å². The Morgan fingerprint density at radius 3 is 1.30 bits per heavy atom. The second kappa shape index (κ2) is 4.14. The molecule has 0 unspecified atom stereocenters. The molecule has 0 amide bonds. The molecule has 114 valence electrons. The van der Waals surface area contributed by atoms with Crippen LogP contribution in [0.2, 0.25) is 0 Å². The van der Waals surface area contributed by atoms with Crippen molar-refractivity contribution in [2.24, 2.45) is 11.8 Å². The predicted molar refractivity (Wildman–Crippen MR) is 90.4 cm³/mol. The van der Waals surface area contributed by atoms with Gasteiger partial charge in [0, 0.05) is 0 Å². The van der Waals surface area contributed by atoms with Gasteiger partial charge in [0.1, 0.15) is 0 Å². The van der Waals surface area contributed by atoms with Crippen LogP contribution in [0.3, 0.4) is 0 Å². The van der Waals surface area contributed by atoms with Crippen molar-refractivity contribution in [2.45, 2.75) is 8.65 Å². The average Bonchev–Trinajstić information content (AvgIpc) is 2.88. The third-order valence-corrected chi connectivity index (χ3v) is 8.02. The van der Waals surface area contributed by atoms with Crippen LogP contribution in [-0.2, 0) is 23.0 Å². The van der Waals surface area contributed by atoms with Crippen molar-refractivity contribution in [1.82, 2.24) is 0 Å². The summed E-state index contributed by atoms with van der Waals surface area (Å²) in [6.07, 6.45) is 0. The summed E-state index contributed by atoms with van der Waals surface area (Å²) in [6, 6.07) is 15.9. The van der Waals surface area contributed by atoms with Crippen molar-refractivity contribution in [2.75, 3.05) is 0 Å². The van der Waals surface area contributed by atoms with Crippen LogP contribution in [0, 0.1) is 11.8 Å². The molecule has 4 aliphatic rings. The first kappa shape index (κ1) is 13.9. The first-order valence-corrected chi connectivity index (χ1v) is 8.92. The SMILES string of the molecule is O=C1OC(=O)[C@H]2[C@H]1C1(Br)c3ccccc3C2(Br)c2ccccc21. The van der Waals surface area contributed by atoms with Gasteiger partial charge in [0.2, 0.25) is 0 Å². The summed E-state index contributed by atoms with van der Waals surface area (Å²) in [6.45, 7) is 0. The number of alkyl halides is 2. The first-order valence-electron chi connectivity index (χ1n) is 7.34. The molecule has 5 heteroatoms. The van der Waals surface area contributed by atoms with Crippen molar-refractivity contribution in [3.8, 4) is 0 Å². The van der Waals surface area contributed by atoms with Gasteiger partial charge in [-0.15, -0.1) is 0 Å². The number of carbonyl (C=O) groups excluding carboxylic acids is 2. The molecule has 1 fully saturated rings. The summed E-state index contributed by atoms with van der Waals surface area (Å²) in [5.41, 5.74) is 4.07. The van der Waals surface area contributed by atoms with E-state index in [2.05, 4.69) is 31.9 Å². The van der Waals surface area contributed by atoms with Crippen LogP contribution < -0.4 is 0 Å². The topological polar surface area (TPSA) is 43.4 Å². The van der Waals surface area contributed by atoms with E-state index in [0.717, 1.165) is 22.3 Å². The Bertz CT molecular complexity index is 785. The molecule has 3 nitrogen and oxygen atoms in total. The lowest BCUT2D eigenvalue weighted by atomic mass is 9.54. The highest BCUT2D eigenvalue weighted by Crippen LogP contribution is 2.70. The Hall–Kier alpha value is -1.46. The molecule has 0 spiro atoms. The van der Waals surface area contributed by atoms with E-state index >= 15 is 0 Å². The fraction of sp³-hybridized carbons (Fsp3) is 0.222. The maximum absolute atomic E-state index is 12.5. The summed E-state index contributed by atoms with van der Waals surface area (Å²) in [7, 11) is 0. The highest BCUT2D eigenvalue weighted by molar-refractivity contribution is 9.10. The highest BCUT2D eigenvalue weighted by Gasteiger charge is 2.72. The van der Waals surface area contributed by atoms with Crippen molar-refractivity contribution in [1.29, 1.82) is 0 Å². The van der Waals surface area contributed by atoms with Crippen LogP contribution in [-0.4, -0.2) is 11.9 Å². The fourth-order valence-electron chi connectivity index (χ4n) is 4.48. The fourth-order valence-corrected chi connectivity index (χ4v) is 6.76. The smallest absolute Gasteiger partial charge is 0.319 e. The largest absolute Gasteiger partial charge is 0.393 e. The van der Waals surface area contributed by atoms with Crippen molar-refractivity contribution >= 4 is 43.8 Å². The Morgan fingerprint density at radius 2 is 1.00 bits per heavy atom. The minimum atomic E-state index is -0.733. The Morgan fingerprint density at radius 1 is 0.696 bits per heavy atom. The molecule has 2 aromatic carbocycles. The molecule has 2 atom stereocenters. The molecule has 3 aliphatic carbocycles. The summed E-state index contributed by atoms with van der Waals surface area (Å²) >= 11 is 7.71. The number of cyclic esters (lactones) is 2. The van der Waals surface area contributed by atoms with Crippen molar-refractivity contribution in [3.63, 3.8) is 0 Å². The molecular formula is C18H10Br2O3. The molecule has 1 aliphatic heterocycles. The molecule has 0 aromatic heterocycles. The summed E-state index contributed by atoms with van der Waals surface area (Å²) in [4.78, 5) is 25.0. The molecule has 1 saturated heterocycles. The third kappa shape index (κ3) is 1.34. The van der Waals surface area contributed by atoms with E-state index in [0.29, 0.717) is 0 Å². The van der Waals surface area contributed by atoms with Gasteiger partial charge in [-0.25, -0.2) is 0 Å². The quantitative estimate of drug-likeness (QED) is 0.362. The van der Waals surface area contributed by atoms with Crippen LogP contribution in [0.5, 0.6) is 0 Å². The lowest BCUT2D eigenvalue weighted by Gasteiger charge is -2.54. The second-order valence-corrected chi connectivity index (χ2v) is 8.71. The molecule has 23 heavy (non-hydrogen) atoms. The number of esters is 2. The van der Waals surface area contributed by atoms with Gasteiger partial charge in [0.25, 0.3) is 0 Å². The lowest BCUT2D eigenvalue weighted by Crippen LogP contribution is -2.56. The molecular weight excluding hydrogens is 424 g/mol. The number of halogens is 2. The zero-order valence-corrected chi connectivity index (χ0v) is 14.9. The normalized spacial score (nSPS) is 36.3. The molecule has 0 N–H and O–H groups in total. The molecule has 1 heterocycles. The number of carbonyl (C=O) groups is 2. The van der Waals surface area contributed by atoms with E-state index in [4.69, 9.17) is 4.74 Å². The van der Waals surface area contributed by atoms with Gasteiger partial charge in [-0.2, -0.15) is 0 Å². The van der Waals surface area contributed by atoms with Crippen LogP contribution in [0.15, 0.2) is 48.5 Å². The Balaban J connectivity index is 1.99. The lowest BCUT2D eigenvalue weighted by molar-refractivity contribution is -0.153. The molecule has 0 saturated carbocycles. The Labute approximate surface area is 149 Å². The minimum absolute atomic E-state index is 0.454. The number of rotatable bonds is 0. The van der Waals surface area contributed by atoms with E-state index in [1.807, 2.05) is 48.5 Å². The van der Waals surface area contributed by atoms with Gasteiger partial charge >= 0.3 is 11.9 Å². The van der Waals surface area contributed by atoms with Gasteiger partial charge in [0.15, 0.2) is 0 Å². The summed E-state index contributed by atoms with van der Waals surface area (Å²) in [5.74, 6) is -2.05. The third-order valence-electron chi connectivity index (χ3n) is 5.32. The zero-order valence-electron chi connectivity index (χ0n) is 11.8. The standard InChI is InChI=1S/C18H10Br2O3/c19-17-9-5-1-2-6-10(9)18(20,12-8-4-3-7-11(12)17)14-13(17)15(21)23-16(14)22/h1-8,13-14H/t13-,14-,17?,18?/m1/s1. The van der Waals surface area contributed by atoms with Gasteiger partial charge in [-0.05, 0) is 22.3 Å². The Kier molecular flexibility index (Phi) is 2.51. The minimum Gasteiger partial charge on any atom is -0.393 e. The average molecular weight is 434 g/mol. The number of hydrogen-bond acceptors (Lipinski definition) is 3. The second-order valence-electron chi connectivity index (χ2n) is 6.21. The molecule has 2 bridgehead atoms. The monoisotopic (exact) mass is 432 g/mol. The van der Waals surface area contributed by atoms with Crippen LogP contribution in [0.25, 0.3) is 0 Å². The van der Waals surface area contributed by atoms with Crippen molar-refractivity contribution in [3.05, 3.63) is 70.8 Å².